The molecule has 2 N–H and O–H groups in total. The van der Waals surface area contributed by atoms with Crippen molar-refractivity contribution in [1.82, 2.24) is 4.98 Å². The van der Waals surface area contributed by atoms with E-state index in [0.717, 1.165) is 11.1 Å². The minimum Gasteiger partial charge on any atom is -0.493 e. The fraction of sp³-hybridized carbons (Fsp3) is 0.267. The first kappa shape index (κ1) is 13.4. The largest absolute Gasteiger partial charge is 0.493 e. The maximum atomic E-state index is 5.85. The van der Waals surface area contributed by atoms with Crippen molar-refractivity contribution in [2.45, 2.75) is 19.6 Å². The molecule has 0 bridgehead atoms. The highest BCUT2D eigenvalue weighted by atomic mass is 16.5. The molecule has 4 heteroatoms. The van der Waals surface area contributed by atoms with E-state index in [1.54, 1.807) is 19.5 Å². The van der Waals surface area contributed by atoms with Crippen LogP contribution in [0.4, 0.5) is 0 Å². The molecule has 0 spiro atoms. The highest BCUT2D eigenvalue weighted by molar-refractivity contribution is 5.43. The number of pyridine rings is 1. The lowest BCUT2D eigenvalue weighted by Gasteiger charge is -2.13. The summed E-state index contributed by atoms with van der Waals surface area (Å²) in [6.07, 6.45) is 3.49. The molecule has 1 heterocycles. The van der Waals surface area contributed by atoms with Gasteiger partial charge in [0.15, 0.2) is 11.5 Å². The van der Waals surface area contributed by atoms with Gasteiger partial charge in [-0.25, -0.2) is 0 Å². The Morgan fingerprint density at radius 1 is 1.16 bits per heavy atom. The molecular formula is C15H18N2O2. The van der Waals surface area contributed by atoms with Gasteiger partial charge in [-0.3, -0.25) is 4.98 Å². The Bertz CT molecular complexity index is 527. The van der Waals surface area contributed by atoms with E-state index in [4.69, 9.17) is 15.2 Å². The highest BCUT2D eigenvalue weighted by Crippen LogP contribution is 2.30. The maximum absolute atomic E-state index is 5.85. The maximum Gasteiger partial charge on any atom is 0.161 e. The fourth-order valence-corrected chi connectivity index (χ4v) is 1.73. The monoisotopic (exact) mass is 258 g/mol. The van der Waals surface area contributed by atoms with Crippen molar-refractivity contribution in [2.24, 2.45) is 5.73 Å². The normalized spacial score (nSPS) is 11.9. The average molecular weight is 258 g/mol. The Morgan fingerprint density at radius 2 is 1.89 bits per heavy atom. The quantitative estimate of drug-likeness (QED) is 0.895. The van der Waals surface area contributed by atoms with Crippen LogP contribution >= 0.6 is 0 Å². The summed E-state index contributed by atoms with van der Waals surface area (Å²) < 4.78 is 11.1. The zero-order valence-corrected chi connectivity index (χ0v) is 11.2. The minimum atomic E-state index is -0.0249. The van der Waals surface area contributed by atoms with E-state index in [1.165, 1.54) is 0 Å². The summed E-state index contributed by atoms with van der Waals surface area (Å²) in [5.41, 5.74) is 7.93. The summed E-state index contributed by atoms with van der Waals surface area (Å²) in [6, 6.07) is 9.56. The summed E-state index contributed by atoms with van der Waals surface area (Å²) in [5.74, 6) is 1.41. The van der Waals surface area contributed by atoms with Gasteiger partial charge in [-0.15, -0.1) is 0 Å². The number of aromatic nitrogens is 1. The van der Waals surface area contributed by atoms with Gasteiger partial charge in [-0.2, -0.15) is 0 Å². The van der Waals surface area contributed by atoms with Crippen LogP contribution in [0.3, 0.4) is 0 Å². The molecule has 0 saturated carbocycles. The minimum absolute atomic E-state index is 0.0249. The standard InChI is InChI=1S/C15H18N2O2/c1-11(16)13-3-4-14(15(9-13)18-2)19-10-12-5-7-17-8-6-12/h3-9,11H,10,16H2,1-2H3/t11-/m1/s1. The smallest absolute Gasteiger partial charge is 0.161 e. The molecule has 0 radical (unpaired) electrons. The van der Waals surface area contributed by atoms with Crippen molar-refractivity contribution in [2.75, 3.05) is 7.11 Å². The number of hydrogen-bond acceptors (Lipinski definition) is 4. The van der Waals surface area contributed by atoms with Gasteiger partial charge >= 0.3 is 0 Å². The van der Waals surface area contributed by atoms with Gasteiger partial charge in [-0.05, 0) is 42.3 Å². The molecule has 0 saturated heterocycles. The Labute approximate surface area is 113 Å². The first-order valence-electron chi connectivity index (χ1n) is 6.16. The fourth-order valence-electron chi connectivity index (χ4n) is 1.73. The van der Waals surface area contributed by atoms with Gasteiger partial charge in [0.25, 0.3) is 0 Å². The summed E-state index contributed by atoms with van der Waals surface area (Å²) in [7, 11) is 1.62. The van der Waals surface area contributed by atoms with E-state index < -0.39 is 0 Å². The third-order valence-electron chi connectivity index (χ3n) is 2.86. The Kier molecular flexibility index (Phi) is 4.36. The Hall–Kier alpha value is -2.07. The number of benzene rings is 1. The van der Waals surface area contributed by atoms with Crippen molar-refractivity contribution in [3.63, 3.8) is 0 Å². The first-order valence-corrected chi connectivity index (χ1v) is 6.16. The van der Waals surface area contributed by atoms with Crippen molar-refractivity contribution >= 4 is 0 Å². The van der Waals surface area contributed by atoms with Crippen LogP contribution in [0.25, 0.3) is 0 Å². The zero-order valence-electron chi connectivity index (χ0n) is 11.2. The molecule has 1 aromatic carbocycles. The van der Waals surface area contributed by atoms with Crippen molar-refractivity contribution in [3.05, 3.63) is 53.9 Å². The molecule has 0 unspecified atom stereocenters. The summed E-state index contributed by atoms with van der Waals surface area (Å²) >= 11 is 0. The van der Waals surface area contributed by atoms with Crippen molar-refractivity contribution in [1.29, 1.82) is 0 Å². The van der Waals surface area contributed by atoms with Crippen LogP contribution < -0.4 is 15.2 Å². The summed E-state index contributed by atoms with van der Waals surface area (Å²) in [4.78, 5) is 3.97. The van der Waals surface area contributed by atoms with Crippen LogP contribution in [0.15, 0.2) is 42.7 Å². The highest BCUT2D eigenvalue weighted by Gasteiger charge is 2.08. The van der Waals surface area contributed by atoms with Crippen LogP contribution in [0.5, 0.6) is 11.5 Å². The van der Waals surface area contributed by atoms with E-state index in [9.17, 15) is 0 Å². The zero-order chi connectivity index (χ0) is 13.7. The molecule has 1 atom stereocenters. The van der Waals surface area contributed by atoms with E-state index in [1.807, 2.05) is 37.3 Å². The Morgan fingerprint density at radius 3 is 2.53 bits per heavy atom. The molecule has 4 nitrogen and oxygen atoms in total. The van der Waals surface area contributed by atoms with Gasteiger partial charge in [-0.1, -0.05) is 6.07 Å². The van der Waals surface area contributed by atoms with E-state index in [2.05, 4.69) is 4.98 Å². The second-order valence-electron chi connectivity index (χ2n) is 4.34. The third-order valence-corrected chi connectivity index (χ3v) is 2.86. The molecule has 0 aliphatic heterocycles. The Balaban J connectivity index is 2.12. The predicted molar refractivity (Wildman–Crippen MR) is 74.2 cm³/mol. The molecular weight excluding hydrogens is 240 g/mol. The number of rotatable bonds is 5. The molecule has 0 amide bonds. The van der Waals surface area contributed by atoms with Crippen LogP contribution in [0.1, 0.15) is 24.1 Å². The van der Waals surface area contributed by atoms with Crippen LogP contribution in [-0.2, 0) is 6.61 Å². The molecule has 0 aliphatic rings. The van der Waals surface area contributed by atoms with Gasteiger partial charge in [0.1, 0.15) is 6.61 Å². The lowest BCUT2D eigenvalue weighted by atomic mass is 10.1. The number of nitrogens with zero attached hydrogens (tertiary/aromatic N) is 1. The molecule has 0 fully saturated rings. The number of nitrogens with two attached hydrogens (primary N) is 1. The second kappa shape index (κ2) is 6.20. The predicted octanol–water partition coefficient (Wildman–Crippen LogP) is 2.69. The van der Waals surface area contributed by atoms with Crippen molar-refractivity contribution in [3.8, 4) is 11.5 Å². The van der Waals surface area contributed by atoms with E-state index >= 15 is 0 Å². The van der Waals surface area contributed by atoms with E-state index in [0.29, 0.717) is 18.1 Å². The van der Waals surface area contributed by atoms with Crippen molar-refractivity contribution < 1.29 is 9.47 Å². The topological polar surface area (TPSA) is 57.4 Å². The van der Waals surface area contributed by atoms with Gasteiger partial charge in [0.2, 0.25) is 0 Å². The lowest BCUT2D eigenvalue weighted by Crippen LogP contribution is -2.05. The summed E-state index contributed by atoms with van der Waals surface area (Å²) in [5, 5.41) is 0. The van der Waals surface area contributed by atoms with Gasteiger partial charge < -0.3 is 15.2 Å². The molecule has 0 aliphatic carbocycles. The average Bonchev–Trinajstić information content (AvgIpc) is 2.45. The molecule has 1 aromatic heterocycles. The second-order valence-corrected chi connectivity index (χ2v) is 4.34. The molecule has 2 rings (SSSR count). The molecule has 2 aromatic rings. The lowest BCUT2D eigenvalue weighted by molar-refractivity contribution is 0.284. The van der Waals surface area contributed by atoms with Crippen LogP contribution in [0.2, 0.25) is 0 Å². The third kappa shape index (κ3) is 3.45. The molecule has 100 valence electrons. The van der Waals surface area contributed by atoms with Crippen LogP contribution in [-0.4, -0.2) is 12.1 Å². The first-order chi connectivity index (χ1) is 9.20. The SMILES string of the molecule is COc1cc([C@@H](C)N)ccc1OCc1ccncc1. The number of hydrogen-bond donors (Lipinski definition) is 1. The summed E-state index contributed by atoms with van der Waals surface area (Å²) in [6.45, 7) is 2.42. The van der Waals surface area contributed by atoms with Crippen LogP contribution in [0, 0.1) is 0 Å². The van der Waals surface area contributed by atoms with Gasteiger partial charge in [0.05, 0.1) is 7.11 Å². The number of methoxy groups -OCH3 is 1. The van der Waals surface area contributed by atoms with E-state index in [-0.39, 0.29) is 6.04 Å². The van der Waals surface area contributed by atoms with Gasteiger partial charge in [0, 0.05) is 18.4 Å². The molecule has 19 heavy (non-hydrogen) atoms. The number of ether oxygens (including phenoxy) is 2.